The number of carbonyl (C=O) groups is 2. The molecule has 2 aliphatic heterocycles. The second kappa shape index (κ2) is 10.0. The third-order valence-corrected chi connectivity index (χ3v) is 6.30. The lowest BCUT2D eigenvalue weighted by Gasteiger charge is -2.30. The number of carbonyl (C=O) groups excluding carboxylic acids is 2. The number of anilines is 1. The molecule has 2 heterocycles. The van der Waals surface area contributed by atoms with Crippen molar-refractivity contribution in [3.05, 3.63) is 29.8 Å². The Morgan fingerprint density at radius 3 is 2.61 bits per heavy atom. The highest BCUT2D eigenvalue weighted by molar-refractivity contribution is 5.90. The number of piperidine rings is 2. The lowest BCUT2D eigenvalue weighted by Crippen LogP contribution is -2.38. The van der Waals surface area contributed by atoms with Crippen LogP contribution in [0.4, 0.5) is 5.69 Å². The lowest BCUT2D eigenvalue weighted by atomic mass is 9.84. The number of nitrogens with one attached hydrogen (secondary N) is 2. The maximum Gasteiger partial charge on any atom is 0.224 e. The number of amides is 2. The molecule has 28 heavy (non-hydrogen) atoms. The zero-order valence-electron chi connectivity index (χ0n) is 17.0. The van der Waals surface area contributed by atoms with Gasteiger partial charge in [0.15, 0.2) is 0 Å². The van der Waals surface area contributed by atoms with Gasteiger partial charge in [0.1, 0.15) is 0 Å². The Bertz CT molecular complexity index is 664. The molecule has 3 rings (SSSR count). The molecule has 2 amide bonds. The van der Waals surface area contributed by atoms with Crippen LogP contribution in [0.3, 0.4) is 0 Å². The van der Waals surface area contributed by atoms with E-state index in [2.05, 4.69) is 34.6 Å². The van der Waals surface area contributed by atoms with Crippen molar-refractivity contribution in [2.75, 3.05) is 31.5 Å². The predicted molar refractivity (Wildman–Crippen MR) is 112 cm³/mol. The Hall–Kier alpha value is -1.92. The summed E-state index contributed by atoms with van der Waals surface area (Å²) in [5, 5.41) is 6.46. The summed E-state index contributed by atoms with van der Waals surface area (Å²) in [5.41, 5.74) is 7.46. The van der Waals surface area contributed by atoms with Crippen LogP contribution >= 0.6 is 0 Å². The van der Waals surface area contributed by atoms with E-state index in [-0.39, 0.29) is 17.7 Å². The number of rotatable bonds is 7. The average Bonchev–Trinajstić information content (AvgIpc) is 2.69. The molecule has 1 unspecified atom stereocenters. The van der Waals surface area contributed by atoms with E-state index in [4.69, 9.17) is 5.73 Å². The highest BCUT2D eigenvalue weighted by Crippen LogP contribution is 2.25. The molecule has 0 aliphatic carbocycles. The van der Waals surface area contributed by atoms with E-state index in [0.717, 1.165) is 64.1 Å². The van der Waals surface area contributed by atoms with Gasteiger partial charge < -0.3 is 16.4 Å². The third kappa shape index (κ3) is 6.04. The van der Waals surface area contributed by atoms with Crippen LogP contribution in [0.25, 0.3) is 0 Å². The fourth-order valence-corrected chi connectivity index (χ4v) is 4.47. The molecule has 1 aromatic carbocycles. The largest absolute Gasteiger partial charge is 0.369 e. The van der Waals surface area contributed by atoms with Gasteiger partial charge in [0.05, 0.1) is 0 Å². The molecule has 0 saturated carbocycles. The molecule has 0 bridgehead atoms. The topological polar surface area (TPSA) is 87.5 Å². The highest BCUT2D eigenvalue weighted by atomic mass is 16.2. The summed E-state index contributed by atoms with van der Waals surface area (Å²) in [5.74, 6) is 0.996. The number of benzene rings is 1. The summed E-state index contributed by atoms with van der Waals surface area (Å²) < 4.78 is 0. The zero-order chi connectivity index (χ0) is 19.9. The molecule has 1 aromatic rings. The first kappa shape index (κ1) is 20.8. The van der Waals surface area contributed by atoms with Crippen LogP contribution in [-0.2, 0) is 16.1 Å². The molecule has 154 valence electrons. The molecule has 2 saturated heterocycles. The van der Waals surface area contributed by atoms with Crippen LogP contribution in [0.2, 0.25) is 0 Å². The number of nitrogens with two attached hydrogens (primary N) is 1. The molecule has 0 aromatic heterocycles. The van der Waals surface area contributed by atoms with Crippen molar-refractivity contribution in [1.82, 2.24) is 10.2 Å². The van der Waals surface area contributed by atoms with E-state index in [9.17, 15) is 9.59 Å². The molecule has 0 spiro atoms. The Labute approximate surface area is 168 Å². The van der Waals surface area contributed by atoms with Crippen LogP contribution in [-0.4, -0.2) is 42.9 Å². The average molecular weight is 387 g/mol. The second-order valence-electron chi connectivity index (χ2n) is 8.47. The minimum atomic E-state index is -0.178. The highest BCUT2D eigenvalue weighted by Gasteiger charge is 2.24. The number of hydrogen-bond donors (Lipinski definition) is 3. The van der Waals surface area contributed by atoms with Gasteiger partial charge in [-0.25, -0.2) is 0 Å². The summed E-state index contributed by atoms with van der Waals surface area (Å²) >= 11 is 0. The van der Waals surface area contributed by atoms with E-state index < -0.39 is 0 Å². The molecule has 4 N–H and O–H groups in total. The summed E-state index contributed by atoms with van der Waals surface area (Å²) in [4.78, 5) is 26.1. The van der Waals surface area contributed by atoms with Gasteiger partial charge in [0.25, 0.3) is 0 Å². The normalized spacial score (nSPS) is 20.6. The first-order chi connectivity index (χ1) is 13.5. The smallest absolute Gasteiger partial charge is 0.224 e. The quantitative estimate of drug-likeness (QED) is 0.671. The molecule has 6 nitrogen and oxygen atoms in total. The van der Waals surface area contributed by atoms with Gasteiger partial charge in [-0.3, -0.25) is 14.5 Å². The van der Waals surface area contributed by atoms with Crippen LogP contribution in [0, 0.1) is 17.8 Å². The van der Waals surface area contributed by atoms with Gasteiger partial charge in [0, 0.05) is 24.6 Å². The molecule has 1 atom stereocenters. The summed E-state index contributed by atoms with van der Waals surface area (Å²) in [6.45, 7) is 6.93. The Kier molecular flexibility index (Phi) is 7.45. The van der Waals surface area contributed by atoms with Gasteiger partial charge >= 0.3 is 0 Å². The third-order valence-electron chi connectivity index (χ3n) is 6.30. The van der Waals surface area contributed by atoms with Crippen molar-refractivity contribution < 1.29 is 9.59 Å². The van der Waals surface area contributed by atoms with Gasteiger partial charge in [-0.1, -0.05) is 19.1 Å². The predicted octanol–water partition coefficient (Wildman–Crippen LogP) is 2.35. The van der Waals surface area contributed by atoms with E-state index in [0.29, 0.717) is 18.3 Å². The van der Waals surface area contributed by atoms with E-state index in [1.54, 1.807) is 0 Å². The van der Waals surface area contributed by atoms with Crippen molar-refractivity contribution in [3.63, 3.8) is 0 Å². The van der Waals surface area contributed by atoms with E-state index in [1.807, 2.05) is 12.1 Å². The fraction of sp³-hybridized carbons (Fsp3) is 0.636. The Morgan fingerprint density at radius 1 is 1.21 bits per heavy atom. The van der Waals surface area contributed by atoms with Crippen LogP contribution < -0.4 is 16.4 Å². The zero-order valence-corrected chi connectivity index (χ0v) is 17.0. The van der Waals surface area contributed by atoms with Gasteiger partial charge in [-0.05, 0) is 81.4 Å². The molecule has 6 heteroatoms. The molecular weight excluding hydrogens is 352 g/mol. The van der Waals surface area contributed by atoms with Crippen LogP contribution in [0.15, 0.2) is 24.3 Å². The van der Waals surface area contributed by atoms with Crippen molar-refractivity contribution in [2.24, 2.45) is 23.5 Å². The Morgan fingerprint density at radius 2 is 1.93 bits per heavy atom. The van der Waals surface area contributed by atoms with E-state index >= 15 is 0 Å². The monoisotopic (exact) mass is 386 g/mol. The number of likely N-dealkylation sites (tertiary alicyclic amines) is 1. The SMILES string of the molecule is CC(CC(=O)Nc1cccc(CN2CCC(C(N)=O)CC2)c1)C1CCNCC1. The van der Waals surface area contributed by atoms with Crippen molar-refractivity contribution >= 4 is 17.5 Å². The van der Waals surface area contributed by atoms with Crippen LogP contribution in [0.5, 0.6) is 0 Å². The minimum absolute atomic E-state index is 0.0174. The summed E-state index contributed by atoms with van der Waals surface area (Å²) in [6, 6.07) is 8.11. The first-order valence-electron chi connectivity index (χ1n) is 10.6. The maximum absolute atomic E-state index is 12.5. The van der Waals surface area contributed by atoms with Gasteiger partial charge in [-0.2, -0.15) is 0 Å². The fourth-order valence-electron chi connectivity index (χ4n) is 4.47. The summed E-state index contributed by atoms with van der Waals surface area (Å²) in [7, 11) is 0. The standard InChI is InChI=1S/C22H34N4O2/c1-16(18-5-9-24-10-6-18)13-21(27)25-20-4-2-3-17(14-20)15-26-11-7-19(8-12-26)22(23)28/h2-4,14,16,18-19,24H,5-13,15H2,1H3,(H2,23,28)(H,25,27). The summed E-state index contributed by atoms with van der Waals surface area (Å²) in [6.07, 6.45) is 4.57. The van der Waals surface area contributed by atoms with Crippen molar-refractivity contribution in [1.29, 1.82) is 0 Å². The second-order valence-corrected chi connectivity index (χ2v) is 8.47. The van der Waals surface area contributed by atoms with Gasteiger partial charge in [0.2, 0.25) is 11.8 Å². The Balaban J connectivity index is 1.47. The van der Waals surface area contributed by atoms with E-state index in [1.165, 1.54) is 5.56 Å². The number of primary amides is 1. The molecule has 0 radical (unpaired) electrons. The number of hydrogen-bond acceptors (Lipinski definition) is 4. The van der Waals surface area contributed by atoms with Crippen LogP contribution in [0.1, 0.15) is 44.6 Å². The molecule has 2 aliphatic rings. The van der Waals surface area contributed by atoms with Crippen molar-refractivity contribution in [3.8, 4) is 0 Å². The lowest BCUT2D eigenvalue weighted by molar-refractivity contribution is -0.123. The number of nitrogens with zero attached hydrogens (tertiary/aromatic N) is 1. The minimum Gasteiger partial charge on any atom is -0.369 e. The molecular formula is C22H34N4O2. The maximum atomic E-state index is 12.5. The van der Waals surface area contributed by atoms with Crippen molar-refractivity contribution in [2.45, 2.75) is 45.6 Å². The first-order valence-corrected chi connectivity index (χ1v) is 10.6. The molecule has 2 fully saturated rings. The van der Waals surface area contributed by atoms with Gasteiger partial charge in [-0.15, -0.1) is 0 Å².